The lowest BCUT2D eigenvalue weighted by Gasteiger charge is -2.32. The van der Waals surface area contributed by atoms with Gasteiger partial charge >= 0.3 is 0 Å². The van der Waals surface area contributed by atoms with Gasteiger partial charge in [-0.15, -0.1) is 0 Å². The Bertz CT molecular complexity index is 654. The first-order valence-corrected chi connectivity index (χ1v) is 7.47. The van der Waals surface area contributed by atoms with Crippen LogP contribution in [0.15, 0.2) is 53.1 Å². The Balaban J connectivity index is 1.53. The van der Waals surface area contributed by atoms with Crippen LogP contribution < -0.4 is 5.32 Å². The van der Waals surface area contributed by atoms with Gasteiger partial charge in [0.05, 0.1) is 12.4 Å². The van der Waals surface area contributed by atoms with Crippen molar-refractivity contribution in [1.29, 1.82) is 0 Å². The molecule has 6 heteroatoms. The highest BCUT2D eigenvalue weighted by Gasteiger charge is 2.26. The molecule has 0 spiro atoms. The minimum Gasteiger partial charge on any atom is -0.459 e. The fourth-order valence-electron chi connectivity index (χ4n) is 2.46. The number of hydrogen-bond donors (Lipinski definition) is 1. The van der Waals surface area contributed by atoms with Crippen molar-refractivity contribution >= 4 is 11.8 Å². The number of carbonyl (C=O) groups excluding carboxylic acids is 2. The summed E-state index contributed by atoms with van der Waals surface area (Å²) in [5.74, 6) is -0.0643. The summed E-state index contributed by atoms with van der Waals surface area (Å²) in [5, 5.41) is 2.76. The molecule has 1 aliphatic rings. The van der Waals surface area contributed by atoms with Gasteiger partial charge in [-0.2, -0.15) is 0 Å². The lowest BCUT2D eigenvalue weighted by molar-refractivity contribution is -0.149. The number of amides is 2. The van der Waals surface area contributed by atoms with Crippen LogP contribution in [0, 0.1) is 0 Å². The molecule has 0 bridgehead atoms. The predicted octanol–water partition coefficient (Wildman–Crippen LogP) is 1.44. The highest BCUT2D eigenvalue weighted by molar-refractivity contribution is 5.91. The lowest BCUT2D eigenvalue weighted by Crippen LogP contribution is -2.50. The number of nitrogens with one attached hydrogen (secondary N) is 1. The third-order valence-electron chi connectivity index (χ3n) is 3.67. The second-order valence-electron chi connectivity index (χ2n) is 5.38. The Hall–Kier alpha value is -2.60. The van der Waals surface area contributed by atoms with Crippen LogP contribution in [0.2, 0.25) is 0 Å². The van der Waals surface area contributed by atoms with Crippen molar-refractivity contribution in [2.24, 2.45) is 0 Å². The van der Waals surface area contributed by atoms with Gasteiger partial charge in [-0.25, -0.2) is 0 Å². The molecule has 0 radical (unpaired) electrons. The Labute approximate surface area is 134 Å². The van der Waals surface area contributed by atoms with Gasteiger partial charge in [0, 0.05) is 19.6 Å². The summed E-state index contributed by atoms with van der Waals surface area (Å²) in [6.07, 6.45) is 1.22. The summed E-state index contributed by atoms with van der Waals surface area (Å²) >= 11 is 0. The van der Waals surface area contributed by atoms with Crippen LogP contribution in [-0.2, 0) is 16.1 Å². The number of morpholine rings is 1. The van der Waals surface area contributed by atoms with Crippen LogP contribution in [0.4, 0.5) is 0 Å². The summed E-state index contributed by atoms with van der Waals surface area (Å²) in [5.41, 5.74) is 1.07. The van der Waals surface area contributed by atoms with Crippen molar-refractivity contribution in [3.05, 3.63) is 60.1 Å². The molecule has 1 aliphatic heterocycles. The van der Waals surface area contributed by atoms with Gasteiger partial charge in [-0.05, 0) is 17.7 Å². The third kappa shape index (κ3) is 3.98. The van der Waals surface area contributed by atoms with E-state index in [9.17, 15) is 9.59 Å². The normalized spacial score (nSPS) is 18.0. The maximum atomic E-state index is 12.0. The lowest BCUT2D eigenvalue weighted by atomic mass is 10.2. The van der Waals surface area contributed by atoms with Gasteiger partial charge < -0.3 is 19.4 Å². The van der Waals surface area contributed by atoms with E-state index in [1.54, 1.807) is 17.0 Å². The first kappa shape index (κ1) is 15.3. The molecule has 2 aromatic rings. The Morgan fingerprint density at radius 3 is 2.78 bits per heavy atom. The molecule has 0 saturated carbocycles. The standard InChI is InChI=1S/C17H18N2O4/c20-16-12-23-14(9-18-17(21)15-7-4-8-22-15)11-19(16)10-13-5-2-1-3-6-13/h1-8,14H,9-12H2,(H,18,21). The number of furan rings is 1. The van der Waals surface area contributed by atoms with Crippen LogP contribution in [0.1, 0.15) is 16.1 Å². The van der Waals surface area contributed by atoms with Crippen molar-refractivity contribution < 1.29 is 18.7 Å². The molecular weight excluding hydrogens is 296 g/mol. The number of benzene rings is 1. The molecule has 1 aromatic heterocycles. The number of rotatable bonds is 5. The van der Waals surface area contributed by atoms with E-state index in [2.05, 4.69) is 5.32 Å². The van der Waals surface area contributed by atoms with E-state index >= 15 is 0 Å². The molecule has 0 aliphatic carbocycles. The maximum Gasteiger partial charge on any atom is 0.287 e. The zero-order valence-corrected chi connectivity index (χ0v) is 12.6. The van der Waals surface area contributed by atoms with Crippen LogP contribution in [0.5, 0.6) is 0 Å². The Kier molecular flexibility index (Phi) is 4.73. The number of hydrogen-bond acceptors (Lipinski definition) is 4. The van der Waals surface area contributed by atoms with E-state index in [4.69, 9.17) is 9.15 Å². The topological polar surface area (TPSA) is 71.8 Å². The smallest absolute Gasteiger partial charge is 0.287 e. The van der Waals surface area contributed by atoms with Crippen molar-refractivity contribution in [2.45, 2.75) is 12.6 Å². The van der Waals surface area contributed by atoms with Gasteiger partial charge in [0.2, 0.25) is 5.91 Å². The minimum atomic E-state index is -0.287. The second-order valence-corrected chi connectivity index (χ2v) is 5.38. The van der Waals surface area contributed by atoms with Crippen molar-refractivity contribution in [3.63, 3.8) is 0 Å². The summed E-state index contributed by atoms with van der Waals surface area (Å²) in [6.45, 7) is 1.37. The largest absolute Gasteiger partial charge is 0.459 e. The van der Waals surface area contributed by atoms with E-state index in [-0.39, 0.29) is 30.3 Å². The molecule has 120 valence electrons. The van der Waals surface area contributed by atoms with Crippen LogP contribution in [0.3, 0.4) is 0 Å². The third-order valence-corrected chi connectivity index (χ3v) is 3.67. The highest BCUT2D eigenvalue weighted by Crippen LogP contribution is 2.11. The van der Waals surface area contributed by atoms with Crippen molar-refractivity contribution in [1.82, 2.24) is 10.2 Å². The molecule has 23 heavy (non-hydrogen) atoms. The maximum absolute atomic E-state index is 12.0. The van der Waals surface area contributed by atoms with Gasteiger partial charge in [0.1, 0.15) is 6.61 Å². The molecule has 6 nitrogen and oxygen atoms in total. The molecule has 2 amide bonds. The van der Waals surface area contributed by atoms with Crippen LogP contribution >= 0.6 is 0 Å². The Morgan fingerprint density at radius 2 is 2.04 bits per heavy atom. The van der Waals surface area contributed by atoms with Crippen LogP contribution in [0.25, 0.3) is 0 Å². The van der Waals surface area contributed by atoms with E-state index < -0.39 is 0 Å². The minimum absolute atomic E-state index is 0.0358. The van der Waals surface area contributed by atoms with Crippen molar-refractivity contribution in [3.8, 4) is 0 Å². The van der Waals surface area contributed by atoms with Gasteiger partial charge in [0.15, 0.2) is 5.76 Å². The first-order valence-electron chi connectivity index (χ1n) is 7.47. The molecule has 3 rings (SSSR count). The summed E-state index contributed by atoms with van der Waals surface area (Å²) in [7, 11) is 0. The van der Waals surface area contributed by atoms with E-state index in [1.807, 2.05) is 30.3 Å². The molecule has 1 saturated heterocycles. The average molecular weight is 314 g/mol. The zero-order valence-electron chi connectivity index (χ0n) is 12.6. The van der Waals surface area contributed by atoms with Gasteiger partial charge in [0.25, 0.3) is 5.91 Å². The molecule has 1 N–H and O–H groups in total. The quantitative estimate of drug-likeness (QED) is 0.906. The van der Waals surface area contributed by atoms with E-state index in [1.165, 1.54) is 6.26 Å². The summed E-state index contributed by atoms with van der Waals surface area (Å²) < 4.78 is 10.5. The fraction of sp³-hybridized carbons (Fsp3) is 0.294. The number of ether oxygens (including phenoxy) is 1. The molecule has 1 aromatic carbocycles. The number of nitrogens with zero attached hydrogens (tertiary/aromatic N) is 1. The number of carbonyl (C=O) groups is 2. The highest BCUT2D eigenvalue weighted by atomic mass is 16.5. The van der Waals surface area contributed by atoms with E-state index in [0.717, 1.165) is 5.56 Å². The Morgan fingerprint density at radius 1 is 1.22 bits per heavy atom. The zero-order chi connectivity index (χ0) is 16.1. The predicted molar refractivity (Wildman–Crippen MR) is 82.6 cm³/mol. The fourth-order valence-corrected chi connectivity index (χ4v) is 2.46. The van der Waals surface area contributed by atoms with Gasteiger partial charge in [-0.3, -0.25) is 9.59 Å². The van der Waals surface area contributed by atoms with E-state index in [0.29, 0.717) is 19.6 Å². The molecule has 1 unspecified atom stereocenters. The van der Waals surface area contributed by atoms with Crippen LogP contribution in [-0.4, -0.2) is 42.5 Å². The monoisotopic (exact) mass is 314 g/mol. The molecule has 1 fully saturated rings. The molecule has 1 atom stereocenters. The molecular formula is C17H18N2O4. The van der Waals surface area contributed by atoms with Gasteiger partial charge in [-0.1, -0.05) is 30.3 Å². The molecule has 2 heterocycles. The summed E-state index contributed by atoms with van der Waals surface area (Å²) in [6, 6.07) is 13.1. The second kappa shape index (κ2) is 7.11. The summed E-state index contributed by atoms with van der Waals surface area (Å²) in [4.78, 5) is 25.6. The van der Waals surface area contributed by atoms with Crippen molar-refractivity contribution in [2.75, 3.05) is 19.7 Å². The average Bonchev–Trinajstić information content (AvgIpc) is 3.11. The SMILES string of the molecule is O=C(NCC1CN(Cc2ccccc2)C(=O)CO1)c1ccco1. The first-order chi connectivity index (χ1) is 11.2.